The van der Waals surface area contributed by atoms with Crippen molar-refractivity contribution in [3.05, 3.63) is 0 Å². The number of hydrogen-bond acceptors (Lipinski definition) is 5. The van der Waals surface area contributed by atoms with Gasteiger partial charge in [0.25, 0.3) is 0 Å². The van der Waals surface area contributed by atoms with Gasteiger partial charge >= 0.3 is 0 Å². The molecule has 1 fully saturated rings. The van der Waals surface area contributed by atoms with Gasteiger partial charge in [0.05, 0.1) is 12.6 Å². The highest BCUT2D eigenvalue weighted by atomic mass is 16.2. The molecule has 0 radical (unpaired) electrons. The summed E-state index contributed by atoms with van der Waals surface area (Å²) < 4.78 is 0. The molecule has 90 valence electrons. The van der Waals surface area contributed by atoms with Crippen molar-refractivity contribution in [2.45, 2.75) is 6.04 Å². The molecular formula is C10H19N5O. The van der Waals surface area contributed by atoms with Gasteiger partial charge in [0.2, 0.25) is 5.91 Å². The van der Waals surface area contributed by atoms with Gasteiger partial charge in [-0.25, -0.2) is 0 Å². The number of nitrogens with two attached hydrogens (primary N) is 1. The Labute approximate surface area is 96.0 Å². The number of hydrogen-bond donors (Lipinski definition) is 2. The highest BCUT2D eigenvalue weighted by Crippen LogP contribution is 2.06. The summed E-state index contributed by atoms with van der Waals surface area (Å²) in [5.41, 5.74) is 5.68. The molecule has 1 unspecified atom stereocenters. The van der Waals surface area contributed by atoms with Crippen LogP contribution in [0.3, 0.4) is 0 Å². The maximum absolute atomic E-state index is 11.5. The van der Waals surface area contributed by atoms with Crippen LogP contribution in [-0.2, 0) is 4.79 Å². The Morgan fingerprint density at radius 3 is 3.00 bits per heavy atom. The number of amides is 1. The highest BCUT2D eigenvalue weighted by Gasteiger charge is 2.25. The number of piperazine rings is 1. The van der Waals surface area contributed by atoms with Gasteiger partial charge in [-0.3, -0.25) is 9.69 Å². The summed E-state index contributed by atoms with van der Waals surface area (Å²) in [4.78, 5) is 15.7. The van der Waals surface area contributed by atoms with E-state index in [-0.39, 0.29) is 18.5 Å². The molecule has 0 aromatic carbocycles. The van der Waals surface area contributed by atoms with E-state index >= 15 is 0 Å². The van der Waals surface area contributed by atoms with E-state index in [0.717, 1.165) is 19.6 Å². The van der Waals surface area contributed by atoms with Gasteiger partial charge in [0, 0.05) is 32.2 Å². The van der Waals surface area contributed by atoms with Crippen molar-refractivity contribution in [1.82, 2.24) is 15.1 Å². The van der Waals surface area contributed by atoms with Gasteiger partial charge in [-0.2, -0.15) is 5.26 Å². The number of nitrogens with zero attached hydrogens (tertiary/aromatic N) is 3. The predicted octanol–water partition coefficient (Wildman–Crippen LogP) is -1.80. The normalized spacial score (nSPS) is 22.7. The van der Waals surface area contributed by atoms with Crippen LogP contribution in [0.1, 0.15) is 0 Å². The molecule has 0 aromatic heterocycles. The molecule has 1 heterocycles. The lowest BCUT2D eigenvalue weighted by molar-refractivity contribution is -0.123. The molecule has 1 saturated heterocycles. The third-order valence-electron chi connectivity index (χ3n) is 2.79. The molecule has 1 amide bonds. The average molecular weight is 225 g/mol. The average Bonchev–Trinajstić information content (AvgIpc) is 2.28. The van der Waals surface area contributed by atoms with E-state index in [9.17, 15) is 4.79 Å². The molecule has 0 saturated carbocycles. The zero-order valence-corrected chi connectivity index (χ0v) is 9.65. The highest BCUT2D eigenvalue weighted by molar-refractivity contribution is 5.78. The van der Waals surface area contributed by atoms with Gasteiger partial charge in [-0.15, -0.1) is 0 Å². The zero-order valence-electron chi connectivity index (χ0n) is 9.65. The minimum atomic E-state index is -0.107. The van der Waals surface area contributed by atoms with Crippen LogP contribution < -0.4 is 11.1 Å². The van der Waals surface area contributed by atoms with E-state index in [2.05, 4.69) is 22.2 Å². The van der Waals surface area contributed by atoms with Crippen molar-refractivity contribution < 1.29 is 4.79 Å². The second-order valence-corrected chi connectivity index (χ2v) is 4.06. The van der Waals surface area contributed by atoms with Crippen LogP contribution >= 0.6 is 0 Å². The molecule has 3 N–H and O–H groups in total. The molecule has 0 spiro atoms. The molecule has 6 heteroatoms. The van der Waals surface area contributed by atoms with Crippen molar-refractivity contribution in [1.29, 1.82) is 5.26 Å². The van der Waals surface area contributed by atoms with Crippen LogP contribution in [0.15, 0.2) is 0 Å². The van der Waals surface area contributed by atoms with E-state index < -0.39 is 0 Å². The summed E-state index contributed by atoms with van der Waals surface area (Å²) in [7, 11) is 2.05. The number of nitriles is 1. The van der Waals surface area contributed by atoms with Crippen molar-refractivity contribution >= 4 is 5.91 Å². The minimum absolute atomic E-state index is 0.0693. The fourth-order valence-electron chi connectivity index (χ4n) is 1.86. The van der Waals surface area contributed by atoms with Crippen LogP contribution in [0.25, 0.3) is 0 Å². The lowest BCUT2D eigenvalue weighted by Crippen LogP contribution is -2.56. The summed E-state index contributed by atoms with van der Waals surface area (Å²) in [5.74, 6) is -0.107. The molecule has 0 aromatic rings. The van der Waals surface area contributed by atoms with E-state index in [4.69, 9.17) is 11.0 Å². The predicted molar refractivity (Wildman–Crippen MR) is 60.5 cm³/mol. The van der Waals surface area contributed by atoms with Gasteiger partial charge in [-0.05, 0) is 7.05 Å². The lowest BCUT2D eigenvalue weighted by Gasteiger charge is -2.38. The maximum Gasteiger partial charge on any atom is 0.235 e. The van der Waals surface area contributed by atoms with Crippen molar-refractivity contribution in [3.8, 4) is 6.07 Å². The first-order valence-corrected chi connectivity index (χ1v) is 5.43. The Bertz CT molecular complexity index is 275. The van der Waals surface area contributed by atoms with Gasteiger partial charge in [-0.1, -0.05) is 0 Å². The Balaban J connectivity index is 2.40. The summed E-state index contributed by atoms with van der Waals surface area (Å²) >= 11 is 0. The first-order valence-electron chi connectivity index (χ1n) is 5.43. The summed E-state index contributed by atoms with van der Waals surface area (Å²) in [5, 5.41) is 10.9. The largest absolute Gasteiger partial charge is 0.342 e. The zero-order chi connectivity index (χ0) is 12.0. The number of rotatable bonds is 4. The quantitative estimate of drug-likeness (QED) is 0.551. The van der Waals surface area contributed by atoms with E-state index in [1.54, 1.807) is 0 Å². The topological polar surface area (TPSA) is 85.4 Å². The fourth-order valence-corrected chi connectivity index (χ4v) is 1.86. The van der Waals surface area contributed by atoms with Crippen molar-refractivity contribution in [2.24, 2.45) is 5.73 Å². The van der Waals surface area contributed by atoms with Crippen LogP contribution in [0.5, 0.6) is 0 Å². The van der Waals surface area contributed by atoms with E-state index in [0.29, 0.717) is 13.1 Å². The molecule has 16 heavy (non-hydrogen) atoms. The van der Waals surface area contributed by atoms with Crippen molar-refractivity contribution in [2.75, 3.05) is 46.3 Å². The summed E-state index contributed by atoms with van der Waals surface area (Å²) in [6.45, 7) is 3.63. The number of likely N-dealkylation sites (N-methyl/N-ethyl adjacent to an activating group) is 1. The lowest BCUT2D eigenvalue weighted by atomic mass is 10.1. The van der Waals surface area contributed by atoms with Gasteiger partial charge < -0.3 is 16.0 Å². The molecule has 6 nitrogen and oxygen atoms in total. The SMILES string of the molecule is CN1CCN(CC(=O)NCC#N)C(CN)C1. The molecule has 1 atom stereocenters. The third-order valence-corrected chi connectivity index (χ3v) is 2.79. The smallest absolute Gasteiger partial charge is 0.235 e. The Hall–Kier alpha value is -1.16. The van der Waals surface area contributed by atoms with E-state index in [1.807, 2.05) is 6.07 Å². The Kier molecular flexibility index (Phi) is 5.19. The first-order chi connectivity index (χ1) is 7.67. The molecule has 1 aliphatic heterocycles. The summed E-state index contributed by atoms with van der Waals surface area (Å²) in [6.07, 6.45) is 0. The molecule has 1 rings (SSSR count). The number of carbonyl (C=O) groups excluding carboxylic acids is 1. The monoisotopic (exact) mass is 225 g/mol. The second kappa shape index (κ2) is 6.43. The number of carbonyl (C=O) groups is 1. The Morgan fingerprint density at radius 2 is 2.38 bits per heavy atom. The third kappa shape index (κ3) is 3.77. The molecule has 0 bridgehead atoms. The number of nitrogens with one attached hydrogen (secondary N) is 1. The molecule has 1 aliphatic rings. The standard InChI is InChI=1S/C10H19N5O/c1-14-4-5-15(9(6-12)7-14)8-10(16)13-3-2-11/h9H,3-8,12H2,1H3,(H,13,16). The van der Waals surface area contributed by atoms with Crippen LogP contribution in [-0.4, -0.2) is 68.1 Å². The van der Waals surface area contributed by atoms with Crippen LogP contribution in [0, 0.1) is 11.3 Å². The van der Waals surface area contributed by atoms with E-state index in [1.165, 1.54) is 0 Å². The summed E-state index contributed by atoms with van der Waals surface area (Å²) in [6, 6.07) is 2.11. The fraction of sp³-hybridized carbons (Fsp3) is 0.800. The van der Waals surface area contributed by atoms with Crippen LogP contribution in [0.2, 0.25) is 0 Å². The van der Waals surface area contributed by atoms with Crippen LogP contribution in [0.4, 0.5) is 0 Å². The Morgan fingerprint density at radius 1 is 1.62 bits per heavy atom. The molecule has 0 aliphatic carbocycles. The minimum Gasteiger partial charge on any atom is -0.342 e. The van der Waals surface area contributed by atoms with Crippen molar-refractivity contribution in [3.63, 3.8) is 0 Å². The first kappa shape index (κ1) is 12.9. The maximum atomic E-state index is 11.5. The second-order valence-electron chi connectivity index (χ2n) is 4.06. The van der Waals surface area contributed by atoms with Gasteiger partial charge in [0.1, 0.15) is 6.54 Å². The van der Waals surface area contributed by atoms with Gasteiger partial charge in [0.15, 0.2) is 0 Å². The molecular weight excluding hydrogens is 206 g/mol.